The Hall–Kier alpha value is -5.93. The van der Waals surface area contributed by atoms with Gasteiger partial charge in [0.15, 0.2) is 0 Å². The number of fused-ring (bicyclic) bond motifs is 1. The molecule has 0 saturated carbocycles. The van der Waals surface area contributed by atoms with Gasteiger partial charge in [-0.2, -0.15) is 5.26 Å². The molecular formula is C38H29N3O3. The summed E-state index contributed by atoms with van der Waals surface area (Å²) in [4.78, 5) is 25.3. The maximum absolute atomic E-state index is 14.0. The van der Waals surface area contributed by atoms with E-state index in [4.69, 9.17) is 0 Å². The average molecular weight is 576 g/mol. The van der Waals surface area contributed by atoms with Crippen molar-refractivity contribution in [3.05, 3.63) is 155 Å². The molecule has 6 rings (SSSR count). The van der Waals surface area contributed by atoms with Crippen LogP contribution in [0.3, 0.4) is 0 Å². The second kappa shape index (κ2) is 12.1. The number of aromatic nitrogens is 1. The van der Waals surface area contributed by atoms with Crippen molar-refractivity contribution >= 4 is 22.8 Å². The summed E-state index contributed by atoms with van der Waals surface area (Å²) in [5.74, 6) is -1.23. The van der Waals surface area contributed by atoms with E-state index in [2.05, 4.69) is 58.4 Å². The number of rotatable bonds is 8. The zero-order valence-electron chi connectivity index (χ0n) is 24.1. The third kappa shape index (κ3) is 5.85. The number of hydrogen-bond donors (Lipinski definition) is 2. The quantitative estimate of drug-likeness (QED) is 0.192. The third-order valence-corrected chi connectivity index (χ3v) is 7.84. The summed E-state index contributed by atoms with van der Waals surface area (Å²) in [6.45, 7) is 2.45. The van der Waals surface area contributed by atoms with Crippen LogP contribution in [0.1, 0.15) is 50.4 Å². The second-order valence-corrected chi connectivity index (χ2v) is 10.8. The van der Waals surface area contributed by atoms with Gasteiger partial charge >= 0.3 is 5.97 Å². The van der Waals surface area contributed by atoms with Gasteiger partial charge < -0.3 is 15.0 Å². The lowest BCUT2D eigenvalue weighted by Gasteiger charge is -2.17. The first kappa shape index (κ1) is 28.2. The zero-order chi connectivity index (χ0) is 30.6. The Balaban J connectivity index is 1.38. The number of carboxylic acids is 1. The van der Waals surface area contributed by atoms with Crippen LogP contribution in [0, 0.1) is 11.3 Å². The number of amides is 1. The number of aromatic carboxylic acids is 1. The lowest BCUT2D eigenvalue weighted by Crippen LogP contribution is -2.27. The summed E-state index contributed by atoms with van der Waals surface area (Å²) in [5, 5.41) is 22.5. The number of benzene rings is 5. The number of carboxylic acid groups (broad SMARTS) is 1. The van der Waals surface area contributed by atoms with E-state index in [1.54, 1.807) is 36.4 Å². The van der Waals surface area contributed by atoms with E-state index in [0.717, 1.165) is 44.3 Å². The fourth-order valence-corrected chi connectivity index (χ4v) is 5.51. The molecule has 6 aromatic rings. The minimum atomic E-state index is -0.995. The normalized spacial score (nSPS) is 11.5. The van der Waals surface area contributed by atoms with Crippen molar-refractivity contribution < 1.29 is 14.7 Å². The number of nitriles is 1. The van der Waals surface area contributed by atoms with Gasteiger partial charge in [-0.25, -0.2) is 4.79 Å². The minimum absolute atomic E-state index is 0.193. The fourth-order valence-electron chi connectivity index (χ4n) is 5.51. The molecule has 0 aliphatic rings. The van der Waals surface area contributed by atoms with E-state index in [-0.39, 0.29) is 17.5 Å². The average Bonchev–Trinajstić information content (AvgIpc) is 3.47. The summed E-state index contributed by atoms with van der Waals surface area (Å²) >= 11 is 0. The smallest absolute Gasteiger partial charge is 0.335 e. The highest BCUT2D eigenvalue weighted by molar-refractivity contribution is 6.08. The van der Waals surface area contributed by atoms with Crippen LogP contribution in [0.15, 0.2) is 128 Å². The van der Waals surface area contributed by atoms with Gasteiger partial charge in [-0.3, -0.25) is 4.79 Å². The minimum Gasteiger partial charge on any atom is -0.478 e. The van der Waals surface area contributed by atoms with Gasteiger partial charge in [-0.15, -0.1) is 0 Å². The van der Waals surface area contributed by atoms with Gasteiger partial charge in [-0.05, 0) is 88.8 Å². The van der Waals surface area contributed by atoms with E-state index >= 15 is 0 Å². The fraction of sp³-hybridized carbons (Fsp3) is 0.0789. The van der Waals surface area contributed by atoms with Crippen molar-refractivity contribution in [1.29, 1.82) is 5.26 Å². The van der Waals surface area contributed by atoms with Crippen LogP contribution in [-0.2, 0) is 6.54 Å². The van der Waals surface area contributed by atoms with E-state index in [1.807, 2.05) is 55.6 Å². The molecule has 0 radical (unpaired) electrons. The summed E-state index contributed by atoms with van der Waals surface area (Å²) in [6.07, 6.45) is 2.01. The Bertz CT molecular complexity index is 2020. The molecule has 1 atom stereocenters. The highest BCUT2D eigenvalue weighted by Gasteiger charge is 2.19. The number of hydrogen-bond acceptors (Lipinski definition) is 3. The standard InChI is InChI=1S/C38H29N3O3/c1-25(28-14-16-31(17-15-28)38(43)44)40-37(42)35-22-34(30-12-10-26(23-39)11-13-30)21-33-18-19-41(36(33)35)24-27-6-5-9-32(20-27)29-7-3-2-4-8-29/h2-22,25H,24H2,1H3,(H,40,42)(H,43,44)/t25-/m0/s1. The molecule has 0 spiro atoms. The molecule has 214 valence electrons. The molecule has 0 bridgehead atoms. The first-order valence-electron chi connectivity index (χ1n) is 14.3. The van der Waals surface area contributed by atoms with E-state index in [9.17, 15) is 20.0 Å². The molecule has 1 heterocycles. The van der Waals surface area contributed by atoms with Gasteiger partial charge in [0, 0.05) is 18.1 Å². The Morgan fingerprint density at radius 3 is 2.20 bits per heavy atom. The van der Waals surface area contributed by atoms with Crippen molar-refractivity contribution in [2.75, 3.05) is 0 Å². The third-order valence-electron chi connectivity index (χ3n) is 7.84. The van der Waals surface area contributed by atoms with Gasteiger partial charge in [0.25, 0.3) is 5.91 Å². The zero-order valence-corrected chi connectivity index (χ0v) is 24.1. The van der Waals surface area contributed by atoms with Crippen LogP contribution in [0.4, 0.5) is 0 Å². The molecule has 6 nitrogen and oxygen atoms in total. The van der Waals surface area contributed by atoms with Crippen molar-refractivity contribution in [2.45, 2.75) is 19.5 Å². The molecule has 6 heteroatoms. The van der Waals surface area contributed by atoms with Crippen LogP contribution in [-0.4, -0.2) is 21.6 Å². The monoisotopic (exact) mass is 575 g/mol. The molecule has 0 aliphatic carbocycles. The topological polar surface area (TPSA) is 95.1 Å². The van der Waals surface area contributed by atoms with Crippen LogP contribution >= 0.6 is 0 Å². The lowest BCUT2D eigenvalue weighted by atomic mass is 9.98. The molecule has 0 saturated heterocycles. The lowest BCUT2D eigenvalue weighted by molar-refractivity contribution is 0.0696. The largest absolute Gasteiger partial charge is 0.478 e. The van der Waals surface area contributed by atoms with E-state index in [1.165, 1.54) is 0 Å². The summed E-state index contributed by atoms with van der Waals surface area (Å²) in [6, 6.07) is 40.3. The first-order chi connectivity index (χ1) is 21.4. The van der Waals surface area contributed by atoms with Crippen molar-refractivity contribution in [3.63, 3.8) is 0 Å². The molecule has 0 aliphatic heterocycles. The second-order valence-electron chi connectivity index (χ2n) is 10.8. The van der Waals surface area contributed by atoms with Crippen molar-refractivity contribution in [1.82, 2.24) is 9.88 Å². The van der Waals surface area contributed by atoms with Gasteiger partial charge in [0.2, 0.25) is 0 Å². The van der Waals surface area contributed by atoms with Crippen LogP contribution < -0.4 is 5.32 Å². The molecule has 0 unspecified atom stereocenters. The molecule has 44 heavy (non-hydrogen) atoms. The van der Waals surface area contributed by atoms with Crippen molar-refractivity contribution in [2.24, 2.45) is 0 Å². The number of nitrogens with one attached hydrogen (secondary N) is 1. The SMILES string of the molecule is C[C@H](NC(=O)c1cc(-c2ccc(C#N)cc2)cc2ccn(Cc3cccc(-c4ccccc4)c3)c12)c1ccc(C(=O)O)cc1. The predicted octanol–water partition coefficient (Wildman–Crippen LogP) is 8.08. The van der Waals surface area contributed by atoms with Gasteiger partial charge in [0.05, 0.1) is 34.3 Å². The van der Waals surface area contributed by atoms with E-state index < -0.39 is 5.97 Å². The Morgan fingerprint density at radius 2 is 1.50 bits per heavy atom. The summed E-state index contributed by atoms with van der Waals surface area (Å²) < 4.78 is 2.10. The molecule has 0 fully saturated rings. The van der Waals surface area contributed by atoms with Crippen LogP contribution in [0.5, 0.6) is 0 Å². The highest BCUT2D eigenvalue weighted by atomic mass is 16.4. The van der Waals surface area contributed by atoms with Crippen LogP contribution in [0.25, 0.3) is 33.2 Å². The highest BCUT2D eigenvalue weighted by Crippen LogP contribution is 2.31. The molecule has 5 aromatic carbocycles. The Morgan fingerprint density at radius 1 is 0.795 bits per heavy atom. The van der Waals surface area contributed by atoms with Crippen molar-refractivity contribution in [3.8, 4) is 28.3 Å². The maximum atomic E-state index is 14.0. The molecule has 1 amide bonds. The maximum Gasteiger partial charge on any atom is 0.335 e. The predicted molar refractivity (Wildman–Crippen MR) is 172 cm³/mol. The Kier molecular flexibility index (Phi) is 7.77. The molecule has 1 aromatic heterocycles. The van der Waals surface area contributed by atoms with Gasteiger partial charge in [-0.1, -0.05) is 72.8 Å². The first-order valence-corrected chi connectivity index (χ1v) is 14.3. The molecular weight excluding hydrogens is 546 g/mol. The summed E-state index contributed by atoms with van der Waals surface area (Å²) in [7, 11) is 0. The number of carbonyl (C=O) groups is 2. The van der Waals surface area contributed by atoms with E-state index in [0.29, 0.717) is 17.7 Å². The molecule has 2 N–H and O–H groups in total. The number of nitrogens with zero attached hydrogens (tertiary/aromatic N) is 2. The summed E-state index contributed by atoms with van der Waals surface area (Å²) in [5.41, 5.74) is 8.06. The Labute approximate surface area is 255 Å². The van der Waals surface area contributed by atoms with Gasteiger partial charge in [0.1, 0.15) is 0 Å². The van der Waals surface area contributed by atoms with Crippen LogP contribution in [0.2, 0.25) is 0 Å². The number of carbonyl (C=O) groups excluding carboxylic acids is 1.